The van der Waals surface area contributed by atoms with Crippen LogP contribution in [0.3, 0.4) is 0 Å². The average molecular weight is 287 g/mol. The van der Waals surface area contributed by atoms with E-state index in [4.69, 9.17) is 10.9 Å². The number of hydrogen-bond acceptors (Lipinski definition) is 3. The molecular weight excluding hydrogens is 275 g/mol. The molecule has 0 radical (unpaired) electrons. The molecule has 1 aliphatic rings. The van der Waals surface area contributed by atoms with Crippen molar-refractivity contribution in [2.75, 3.05) is 6.54 Å². The zero-order valence-corrected chi connectivity index (χ0v) is 10.3. The monoisotopic (exact) mass is 287 g/mol. The number of oxime groups is 1. The molecule has 1 heterocycles. The van der Waals surface area contributed by atoms with Gasteiger partial charge in [-0.05, 0) is 25.0 Å². The number of rotatable bonds is 2. The molecule has 1 aromatic rings. The summed E-state index contributed by atoms with van der Waals surface area (Å²) in [5.41, 5.74) is 4.87. The number of halogens is 3. The first-order valence-electron chi connectivity index (χ1n) is 5.89. The largest absolute Gasteiger partial charge is 0.409 e. The summed E-state index contributed by atoms with van der Waals surface area (Å²) >= 11 is 0. The maximum atomic E-state index is 13.6. The predicted octanol–water partition coefficient (Wildman–Crippen LogP) is 1.45. The van der Waals surface area contributed by atoms with Crippen LogP contribution in [0.1, 0.15) is 23.2 Å². The topological polar surface area (TPSA) is 78.9 Å². The van der Waals surface area contributed by atoms with Crippen LogP contribution in [0.2, 0.25) is 0 Å². The summed E-state index contributed by atoms with van der Waals surface area (Å²) in [6, 6.07) is 0.873. The normalized spacial score (nSPS) is 19.4. The molecule has 2 rings (SSSR count). The van der Waals surface area contributed by atoms with Gasteiger partial charge in [-0.25, -0.2) is 13.2 Å². The van der Waals surface area contributed by atoms with Crippen molar-refractivity contribution >= 4 is 11.7 Å². The third-order valence-corrected chi connectivity index (χ3v) is 3.24. The Kier molecular flexibility index (Phi) is 3.82. The fourth-order valence-electron chi connectivity index (χ4n) is 2.23. The average Bonchev–Trinajstić information content (AvgIpc) is 2.93. The molecule has 0 saturated carbocycles. The zero-order valence-electron chi connectivity index (χ0n) is 10.3. The molecule has 20 heavy (non-hydrogen) atoms. The summed E-state index contributed by atoms with van der Waals surface area (Å²) in [6.07, 6.45) is 1.03. The van der Waals surface area contributed by atoms with E-state index < -0.39 is 35.0 Å². The molecule has 1 aliphatic heterocycles. The predicted molar refractivity (Wildman–Crippen MR) is 63.8 cm³/mol. The minimum Gasteiger partial charge on any atom is -0.409 e. The number of benzene rings is 1. The standard InChI is InChI=1S/C12H12F3N3O2/c13-7-4-3-6(9(14)10(7)15)12(19)18-5-1-2-8(18)11(16)17-20/h3-4,8,20H,1-2,5H2,(H2,16,17). The van der Waals surface area contributed by atoms with Gasteiger partial charge in [0.1, 0.15) is 0 Å². The Morgan fingerprint density at radius 2 is 2.05 bits per heavy atom. The van der Waals surface area contributed by atoms with E-state index in [9.17, 15) is 18.0 Å². The van der Waals surface area contributed by atoms with Crippen LogP contribution in [0.4, 0.5) is 13.2 Å². The van der Waals surface area contributed by atoms with E-state index in [-0.39, 0.29) is 12.4 Å². The Morgan fingerprint density at radius 1 is 1.35 bits per heavy atom. The summed E-state index contributed by atoms with van der Waals surface area (Å²) in [6.45, 7) is 0.262. The van der Waals surface area contributed by atoms with Crippen molar-refractivity contribution in [3.05, 3.63) is 35.1 Å². The highest BCUT2D eigenvalue weighted by molar-refractivity contribution is 5.98. The van der Waals surface area contributed by atoms with Crippen molar-refractivity contribution in [2.24, 2.45) is 10.9 Å². The zero-order chi connectivity index (χ0) is 14.9. The molecule has 1 unspecified atom stereocenters. The summed E-state index contributed by atoms with van der Waals surface area (Å²) in [7, 11) is 0. The van der Waals surface area contributed by atoms with Gasteiger partial charge in [-0.1, -0.05) is 5.16 Å². The second-order valence-electron chi connectivity index (χ2n) is 4.40. The van der Waals surface area contributed by atoms with E-state index in [1.54, 1.807) is 0 Å². The fourth-order valence-corrected chi connectivity index (χ4v) is 2.23. The number of amidine groups is 1. The molecule has 1 atom stereocenters. The maximum Gasteiger partial charge on any atom is 0.257 e. The van der Waals surface area contributed by atoms with E-state index in [1.807, 2.05) is 0 Å². The van der Waals surface area contributed by atoms with Crippen LogP contribution in [0.25, 0.3) is 0 Å². The second-order valence-corrected chi connectivity index (χ2v) is 4.40. The molecule has 0 spiro atoms. The van der Waals surface area contributed by atoms with Gasteiger partial charge in [0.2, 0.25) is 0 Å². The third kappa shape index (κ3) is 2.28. The van der Waals surface area contributed by atoms with E-state index in [0.717, 1.165) is 6.07 Å². The molecule has 1 amide bonds. The number of nitrogens with zero attached hydrogens (tertiary/aromatic N) is 2. The van der Waals surface area contributed by atoms with Crippen LogP contribution in [0.5, 0.6) is 0 Å². The van der Waals surface area contributed by atoms with Gasteiger partial charge in [-0.3, -0.25) is 4.79 Å². The number of amides is 1. The van der Waals surface area contributed by atoms with Crippen molar-refractivity contribution in [1.82, 2.24) is 4.90 Å². The molecule has 1 saturated heterocycles. The number of likely N-dealkylation sites (tertiary alicyclic amines) is 1. The van der Waals surface area contributed by atoms with Crippen molar-refractivity contribution in [1.29, 1.82) is 0 Å². The first-order chi connectivity index (χ1) is 9.47. The lowest BCUT2D eigenvalue weighted by Crippen LogP contribution is -2.44. The van der Waals surface area contributed by atoms with Gasteiger partial charge in [0.25, 0.3) is 5.91 Å². The highest BCUT2D eigenvalue weighted by atomic mass is 19.2. The van der Waals surface area contributed by atoms with Gasteiger partial charge in [-0.2, -0.15) is 0 Å². The first-order valence-corrected chi connectivity index (χ1v) is 5.89. The maximum absolute atomic E-state index is 13.6. The molecule has 1 aromatic carbocycles. The molecule has 0 bridgehead atoms. The summed E-state index contributed by atoms with van der Waals surface area (Å²) in [4.78, 5) is 13.3. The van der Waals surface area contributed by atoms with Gasteiger partial charge in [0.15, 0.2) is 23.3 Å². The lowest BCUT2D eigenvalue weighted by molar-refractivity contribution is 0.0761. The lowest BCUT2D eigenvalue weighted by atomic mass is 10.1. The Hall–Kier alpha value is -2.25. The molecule has 1 fully saturated rings. The first kappa shape index (κ1) is 14.2. The van der Waals surface area contributed by atoms with Crippen molar-refractivity contribution in [3.8, 4) is 0 Å². The minimum absolute atomic E-state index is 0.182. The highest BCUT2D eigenvalue weighted by Crippen LogP contribution is 2.23. The Bertz CT molecular complexity index is 577. The summed E-state index contributed by atoms with van der Waals surface area (Å²) in [5.74, 6) is -5.61. The van der Waals surface area contributed by atoms with Crippen LogP contribution in [0, 0.1) is 17.5 Å². The van der Waals surface area contributed by atoms with Crippen LogP contribution < -0.4 is 5.73 Å². The fraction of sp³-hybridized carbons (Fsp3) is 0.333. The molecule has 3 N–H and O–H groups in total. The van der Waals surface area contributed by atoms with Gasteiger partial charge < -0.3 is 15.8 Å². The van der Waals surface area contributed by atoms with E-state index in [0.29, 0.717) is 18.9 Å². The minimum atomic E-state index is -1.70. The van der Waals surface area contributed by atoms with Crippen molar-refractivity contribution in [2.45, 2.75) is 18.9 Å². The number of carbonyl (C=O) groups is 1. The highest BCUT2D eigenvalue weighted by Gasteiger charge is 2.34. The van der Waals surface area contributed by atoms with Gasteiger partial charge >= 0.3 is 0 Å². The molecule has 108 valence electrons. The van der Waals surface area contributed by atoms with Crippen LogP contribution >= 0.6 is 0 Å². The molecule has 0 aromatic heterocycles. The van der Waals surface area contributed by atoms with Crippen LogP contribution in [-0.2, 0) is 0 Å². The molecular formula is C12H12F3N3O2. The third-order valence-electron chi connectivity index (χ3n) is 3.24. The lowest BCUT2D eigenvalue weighted by Gasteiger charge is -2.23. The van der Waals surface area contributed by atoms with Gasteiger partial charge in [-0.15, -0.1) is 0 Å². The molecule has 8 heteroatoms. The Balaban J connectivity index is 2.34. The van der Waals surface area contributed by atoms with E-state index >= 15 is 0 Å². The molecule has 0 aliphatic carbocycles. The van der Waals surface area contributed by atoms with Gasteiger partial charge in [0, 0.05) is 6.54 Å². The number of hydrogen-bond donors (Lipinski definition) is 2. The Morgan fingerprint density at radius 3 is 2.70 bits per heavy atom. The quantitative estimate of drug-likeness (QED) is 0.284. The Labute approximate surface area is 112 Å². The van der Waals surface area contributed by atoms with Crippen LogP contribution in [-0.4, -0.2) is 34.4 Å². The summed E-state index contributed by atoms with van der Waals surface area (Å²) < 4.78 is 39.6. The van der Waals surface area contributed by atoms with Crippen molar-refractivity contribution < 1.29 is 23.2 Å². The van der Waals surface area contributed by atoms with E-state index in [2.05, 4.69) is 5.16 Å². The number of nitrogens with two attached hydrogens (primary N) is 1. The van der Waals surface area contributed by atoms with Gasteiger partial charge in [0.05, 0.1) is 11.6 Å². The second kappa shape index (κ2) is 5.40. The molecule has 5 nitrogen and oxygen atoms in total. The van der Waals surface area contributed by atoms with Crippen molar-refractivity contribution in [3.63, 3.8) is 0 Å². The van der Waals surface area contributed by atoms with Crippen LogP contribution in [0.15, 0.2) is 17.3 Å². The SMILES string of the molecule is NC(=NO)C1CCCN1C(=O)c1ccc(F)c(F)c1F. The smallest absolute Gasteiger partial charge is 0.257 e. The number of carbonyl (C=O) groups excluding carboxylic acids is 1. The summed E-state index contributed by atoms with van der Waals surface area (Å²) in [5, 5.41) is 11.5. The van der Waals surface area contributed by atoms with E-state index in [1.165, 1.54) is 4.90 Å².